The number of benzene rings is 2. The van der Waals surface area contributed by atoms with Crippen molar-refractivity contribution in [3.05, 3.63) is 64.7 Å². The number of rotatable bonds is 5. The van der Waals surface area contributed by atoms with Crippen LogP contribution in [0.25, 0.3) is 10.2 Å². The summed E-state index contributed by atoms with van der Waals surface area (Å²) in [5.41, 5.74) is 3.72. The summed E-state index contributed by atoms with van der Waals surface area (Å²) in [4.78, 5) is 16.9. The number of nitrogens with one attached hydrogen (secondary N) is 1. The smallest absolute Gasteiger partial charge is 0.220 e. The highest BCUT2D eigenvalue weighted by Crippen LogP contribution is 2.30. The van der Waals surface area contributed by atoms with Crippen LogP contribution in [0, 0.1) is 0 Å². The zero-order chi connectivity index (χ0) is 16.4. The van der Waals surface area contributed by atoms with Crippen LogP contribution in [-0.2, 0) is 17.6 Å². The lowest BCUT2D eigenvalue weighted by atomic mass is 10.1. The number of carbonyl (C=O) groups is 1. The molecule has 1 heterocycles. The van der Waals surface area contributed by atoms with Gasteiger partial charge in [-0.15, -0.1) is 11.3 Å². The first-order valence-electron chi connectivity index (χ1n) is 8.51. The van der Waals surface area contributed by atoms with Crippen molar-refractivity contribution in [2.45, 2.75) is 38.1 Å². The van der Waals surface area contributed by atoms with E-state index in [2.05, 4.69) is 40.6 Å². The third-order valence-electron chi connectivity index (χ3n) is 4.60. The van der Waals surface area contributed by atoms with Gasteiger partial charge in [-0.25, -0.2) is 4.98 Å². The molecule has 0 saturated heterocycles. The number of nitrogens with zero attached hydrogens (tertiary/aromatic N) is 1. The number of aryl methyl sites for hydroxylation is 2. The Balaban J connectivity index is 1.29. The highest BCUT2D eigenvalue weighted by molar-refractivity contribution is 7.18. The van der Waals surface area contributed by atoms with Crippen LogP contribution < -0.4 is 5.32 Å². The van der Waals surface area contributed by atoms with E-state index in [-0.39, 0.29) is 11.9 Å². The van der Waals surface area contributed by atoms with Gasteiger partial charge >= 0.3 is 0 Å². The standard InChI is InChI=1S/C20H20N2OS/c23-19(21-16-13-12-14-6-1-2-7-15(14)16)10-5-11-20-22-17-8-3-4-9-18(17)24-20/h1-4,6-9,16H,5,10-13H2,(H,21,23)/t16-/m0/s1. The first-order valence-corrected chi connectivity index (χ1v) is 9.33. The Bertz CT molecular complexity index is 838. The average molecular weight is 336 g/mol. The van der Waals surface area contributed by atoms with Crippen LogP contribution in [0.3, 0.4) is 0 Å². The van der Waals surface area contributed by atoms with Gasteiger partial charge in [-0.05, 0) is 48.9 Å². The number of hydrogen-bond donors (Lipinski definition) is 1. The molecule has 3 aromatic rings. The van der Waals surface area contributed by atoms with Crippen LogP contribution in [0.5, 0.6) is 0 Å². The molecular weight excluding hydrogens is 316 g/mol. The van der Waals surface area contributed by atoms with Gasteiger partial charge in [0.1, 0.15) is 0 Å². The van der Waals surface area contributed by atoms with Crippen LogP contribution >= 0.6 is 11.3 Å². The average Bonchev–Trinajstić information content (AvgIpc) is 3.19. The summed E-state index contributed by atoms with van der Waals surface area (Å²) in [5, 5.41) is 4.31. The van der Waals surface area contributed by atoms with Crippen LogP contribution in [0.2, 0.25) is 0 Å². The van der Waals surface area contributed by atoms with E-state index >= 15 is 0 Å². The van der Waals surface area contributed by atoms with Gasteiger partial charge in [0, 0.05) is 6.42 Å². The van der Waals surface area contributed by atoms with Crippen LogP contribution in [0.4, 0.5) is 0 Å². The fourth-order valence-electron chi connectivity index (χ4n) is 3.40. The summed E-state index contributed by atoms with van der Waals surface area (Å²) in [5.74, 6) is 0.151. The van der Waals surface area contributed by atoms with Crippen LogP contribution in [-0.4, -0.2) is 10.9 Å². The molecule has 0 aliphatic heterocycles. The van der Waals surface area contributed by atoms with E-state index in [1.165, 1.54) is 15.8 Å². The lowest BCUT2D eigenvalue weighted by molar-refractivity contribution is -0.121. The van der Waals surface area contributed by atoms with E-state index in [1.54, 1.807) is 11.3 Å². The second-order valence-electron chi connectivity index (χ2n) is 6.29. The van der Waals surface area contributed by atoms with Crippen molar-refractivity contribution in [1.29, 1.82) is 0 Å². The Morgan fingerprint density at radius 2 is 2.00 bits per heavy atom. The number of carbonyl (C=O) groups excluding carboxylic acids is 1. The molecule has 24 heavy (non-hydrogen) atoms. The summed E-state index contributed by atoms with van der Waals surface area (Å²) in [7, 11) is 0. The highest BCUT2D eigenvalue weighted by Gasteiger charge is 2.23. The Morgan fingerprint density at radius 3 is 2.92 bits per heavy atom. The normalized spacial score (nSPS) is 16.2. The summed E-state index contributed by atoms with van der Waals surface area (Å²) >= 11 is 1.73. The molecule has 0 bridgehead atoms. The summed E-state index contributed by atoms with van der Waals surface area (Å²) < 4.78 is 1.22. The molecule has 1 amide bonds. The first kappa shape index (κ1) is 15.3. The molecule has 0 unspecified atom stereocenters. The molecule has 4 rings (SSSR count). The molecule has 1 aromatic heterocycles. The predicted octanol–water partition coefficient (Wildman–Crippen LogP) is 4.42. The van der Waals surface area contributed by atoms with Crippen molar-refractivity contribution in [1.82, 2.24) is 10.3 Å². The van der Waals surface area contributed by atoms with Gasteiger partial charge in [0.25, 0.3) is 0 Å². The minimum Gasteiger partial charge on any atom is -0.349 e. The maximum Gasteiger partial charge on any atom is 0.220 e. The molecule has 0 fully saturated rings. The third kappa shape index (κ3) is 3.20. The molecule has 1 N–H and O–H groups in total. The molecule has 0 radical (unpaired) electrons. The zero-order valence-corrected chi connectivity index (χ0v) is 14.3. The van der Waals surface area contributed by atoms with Crippen LogP contribution in [0.1, 0.15) is 41.4 Å². The van der Waals surface area contributed by atoms with Crippen LogP contribution in [0.15, 0.2) is 48.5 Å². The van der Waals surface area contributed by atoms with Crippen molar-refractivity contribution >= 4 is 27.5 Å². The summed E-state index contributed by atoms with van der Waals surface area (Å²) in [6, 6.07) is 16.8. The van der Waals surface area contributed by atoms with Crippen molar-refractivity contribution < 1.29 is 4.79 Å². The molecule has 122 valence electrons. The SMILES string of the molecule is O=C(CCCc1nc2ccccc2s1)N[C@H]1CCc2ccccc21. The van der Waals surface area contributed by atoms with Gasteiger partial charge in [0.2, 0.25) is 5.91 Å². The number of amides is 1. The molecule has 0 spiro atoms. The molecule has 1 aliphatic rings. The summed E-state index contributed by atoms with van der Waals surface area (Å²) in [6.45, 7) is 0. The molecule has 2 aromatic carbocycles. The topological polar surface area (TPSA) is 42.0 Å². The largest absolute Gasteiger partial charge is 0.349 e. The Hall–Kier alpha value is -2.20. The molecule has 3 nitrogen and oxygen atoms in total. The minimum atomic E-state index is 0.151. The maximum absolute atomic E-state index is 12.2. The minimum absolute atomic E-state index is 0.151. The molecule has 4 heteroatoms. The fraction of sp³-hybridized carbons (Fsp3) is 0.300. The van der Waals surface area contributed by atoms with E-state index < -0.39 is 0 Å². The number of thiazole rings is 1. The van der Waals surface area contributed by atoms with Gasteiger partial charge in [0.05, 0.1) is 21.3 Å². The molecular formula is C20H20N2OS. The quantitative estimate of drug-likeness (QED) is 0.749. The third-order valence-corrected chi connectivity index (χ3v) is 5.70. The van der Waals surface area contributed by atoms with Crippen molar-refractivity contribution in [3.63, 3.8) is 0 Å². The van der Waals surface area contributed by atoms with Gasteiger partial charge in [-0.1, -0.05) is 36.4 Å². The molecule has 0 saturated carbocycles. The maximum atomic E-state index is 12.2. The number of hydrogen-bond acceptors (Lipinski definition) is 3. The highest BCUT2D eigenvalue weighted by atomic mass is 32.1. The van der Waals surface area contributed by atoms with E-state index in [1.807, 2.05) is 18.2 Å². The Kier molecular flexibility index (Phi) is 4.30. The Morgan fingerprint density at radius 1 is 1.17 bits per heavy atom. The van der Waals surface area contributed by atoms with Gasteiger partial charge in [-0.3, -0.25) is 4.79 Å². The van der Waals surface area contributed by atoms with Crippen molar-refractivity contribution in [2.75, 3.05) is 0 Å². The van der Waals surface area contributed by atoms with Gasteiger partial charge < -0.3 is 5.32 Å². The number of aromatic nitrogens is 1. The lowest BCUT2D eigenvalue weighted by Gasteiger charge is -2.13. The monoisotopic (exact) mass is 336 g/mol. The van der Waals surface area contributed by atoms with E-state index in [9.17, 15) is 4.79 Å². The van der Waals surface area contributed by atoms with Crippen molar-refractivity contribution in [2.24, 2.45) is 0 Å². The number of para-hydroxylation sites is 1. The van der Waals surface area contributed by atoms with E-state index in [4.69, 9.17) is 0 Å². The van der Waals surface area contributed by atoms with Gasteiger partial charge in [-0.2, -0.15) is 0 Å². The Labute approximate surface area is 145 Å². The van der Waals surface area contributed by atoms with Crippen molar-refractivity contribution in [3.8, 4) is 0 Å². The fourth-order valence-corrected chi connectivity index (χ4v) is 4.41. The lowest BCUT2D eigenvalue weighted by Crippen LogP contribution is -2.26. The first-order chi connectivity index (χ1) is 11.8. The zero-order valence-electron chi connectivity index (χ0n) is 13.5. The van der Waals surface area contributed by atoms with E-state index in [0.717, 1.165) is 36.2 Å². The number of fused-ring (bicyclic) bond motifs is 2. The van der Waals surface area contributed by atoms with E-state index in [0.29, 0.717) is 6.42 Å². The second-order valence-corrected chi connectivity index (χ2v) is 7.40. The van der Waals surface area contributed by atoms with Gasteiger partial charge in [0.15, 0.2) is 0 Å². The molecule has 1 aliphatic carbocycles. The second kappa shape index (κ2) is 6.73. The molecule has 1 atom stereocenters. The summed E-state index contributed by atoms with van der Waals surface area (Å²) in [6.07, 6.45) is 4.36. The predicted molar refractivity (Wildman–Crippen MR) is 98.2 cm³/mol.